The van der Waals surface area contributed by atoms with Gasteiger partial charge in [-0.2, -0.15) is 0 Å². The van der Waals surface area contributed by atoms with E-state index in [0.29, 0.717) is 17.2 Å². The molecule has 3 rings (SSSR count). The van der Waals surface area contributed by atoms with Crippen molar-refractivity contribution in [2.24, 2.45) is 11.1 Å². The van der Waals surface area contributed by atoms with Crippen molar-refractivity contribution in [2.45, 2.75) is 79.3 Å². The molecule has 0 aliphatic carbocycles. The first-order valence-electron chi connectivity index (χ1n) is 14.1. The molecule has 2 heterocycles. The van der Waals surface area contributed by atoms with Gasteiger partial charge in [0.25, 0.3) is 0 Å². The number of nitrogens with zero attached hydrogens (tertiary/aromatic N) is 2. The molecule has 3 amide bonds. The summed E-state index contributed by atoms with van der Waals surface area (Å²) in [5.74, 6) is -2.02. The van der Waals surface area contributed by atoms with E-state index in [-0.39, 0.29) is 5.91 Å². The van der Waals surface area contributed by atoms with E-state index in [4.69, 9.17) is 20.2 Å². The number of alkyl carbamates (subject to hydrolysis) is 1. The van der Waals surface area contributed by atoms with Gasteiger partial charge in [0.2, 0.25) is 5.91 Å². The van der Waals surface area contributed by atoms with Crippen LogP contribution in [0.2, 0.25) is 0 Å². The maximum atomic E-state index is 12.7. The van der Waals surface area contributed by atoms with Crippen LogP contribution in [0.25, 0.3) is 0 Å². The van der Waals surface area contributed by atoms with Gasteiger partial charge in [0.1, 0.15) is 0 Å². The third kappa shape index (κ3) is 9.85. The van der Waals surface area contributed by atoms with E-state index < -0.39 is 29.1 Å². The fourth-order valence-electron chi connectivity index (χ4n) is 4.36. The fourth-order valence-corrected chi connectivity index (χ4v) is 5.45. The van der Waals surface area contributed by atoms with Crippen LogP contribution in [0.3, 0.4) is 0 Å². The molecular weight excluding hydrogens is 558 g/mol. The average molecular weight is 604 g/mol. The van der Waals surface area contributed by atoms with Crippen molar-refractivity contribution in [2.75, 3.05) is 36.8 Å². The summed E-state index contributed by atoms with van der Waals surface area (Å²) >= 11 is 1.53. The van der Waals surface area contributed by atoms with E-state index in [2.05, 4.69) is 26.2 Å². The minimum absolute atomic E-state index is 0.140. The molecule has 1 aliphatic rings. The average Bonchev–Trinajstić information content (AvgIpc) is 3.21. The summed E-state index contributed by atoms with van der Waals surface area (Å²) in [5, 5.41) is 12.6. The number of carbonyl (C=O) groups is 3. The molecule has 1 atom stereocenters. The second-order valence-electron chi connectivity index (χ2n) is 12.5. The first-order chi connectivity index (χ1) is 19.5. The summed E-state index contributed by atoms with van der Waals surface area (Å²) in [5.41, 5.74) is 6.54. The number of ether oxygens (including phenoxy) is 2. The molecule has 1 fully saturated rings. The van der Waals surface area contributed by atoms with Gasteiger partial charge in [-0.05, 0) is 51.3 Å². The molecule has 12 nitrogen and oxygen atoms in total. The van der Waals surface area contributed by atoms with Crippen LogP contribution < -0.4 is 27.0 Å². The summed E-state index contributed by atoms with van der Waals surface area (Å²) in [7, 11) is 0. The van der Waals surface area contributed by atoms with Crippen LogP contribution in [0.15, 0.2) is 24.3 Å². The van der Waals surface area contributed by atoms with Crippen molar-refractivity contribution in [3.63, 3.8) is 0 Å². The number of anilines is 2. The van der Waals surface area contributed by atoms with E-state index in [1.54, 1.807) is 20.8 Å². The second kappa shape index (κ2) is 13.7. The van der Waals surface area contributed by atoms with Crippen LogP contribution in [0.5, 0.6) is 0 Å². The Labute approximate surface area is 252 Å². The van der Waals surface area contributed by atoms with Gasteiger partial charge in [-0.15, -0.1) is 11.3 Å². The minimum atomic E-state index is -1.88. The summed E-state index contributed by atoms with van der Waals surface area (Å²) < 4.78 is 11.1. The Bertz CT molecular complexity index is 1230. The van der Waals surface area contributed by atoms with Gasteiger partial charge in [0.05, 0.1) is 11.1 Å². The minimum Gasteiger partial charge on any atom is -0.387 e. The number of aryl methyl sites for hydroxylation is 2. The number of hydrogen-bond acceptors (Lipinski definition) is 10. The maximum absolute atomic E-state index is 12.7. The molecule has 1 aromatic heterocycles. The lowest BCUT2D eigenvalue weighted by molar-refractivity contribution is -0.202. The van der Waals surface area contributed by atoms with Crippen molar-refractivity contribution >= 4 is 40.2 Å². The van der Waals surface area contributed by atoms with E-state index in [0.717, 1.165) is 55.3 Å². The number of amides is 3. The largest absolute Gasteiger partial charge is 0.412 e. The van der Waals surface area contributed by atoms with Crippen LogP contribution in [0, 0.1) is 5.41 Å². The SMILES string of the molecule is CC(=O)Nc1nc(CCc2ccc(NC(OC(N)=O)(OC(=O)NC(C)(C)C)C(C)(C)C)cc2)c(CN2CCNCC2)s1. The standard InChI is InChI=1S/C29H45N7O5S/c1-19(37)32-25-33-22(23(42-25)18-36-16-14-31-15-17-36)13-10-20-8-11-21(12-9-20)34-29(27(2,3)4,40-24(30)38)41-26(39)35-28(5,6)7/h8-9,11-12,31,34H,10,13-18H2,1-7H3,(H2,30,38)(H,35,39)(H,32,33,37). The third-order valence-corrected chi connectivity index (χ3v) is 7.49. The van der Waals surface area contributed by atoms with Gasteiger partial charge in [-0.25, -0.2) is 14.6 Å². The number of nitrogens with one attached hydrogen (secondary N) is 4. The number of benzene rings is 1. The Hall–Kier alpha value is -3.42. The molecule has 1 aliphatic heterocycles. The predicted molar refractivity (Wildman–Crippen MR) is 164 cm³/mol. The van der Waals surface area contributed by atoms with Crippen LogP contribution in [-0.2, 0) is 33.7 Å². The zero-order valence-electron chi connectivity index (χ0n) is 25.7. The van der Waals surface area contributed by atoms with Crippen molar-refractivity contribution in [3.05, 3.63) is 40.4 Å². The molecule has 13 heteroatoms. The molecule has 6 N–H and O–H groups in total. The number of primary amides is 1. The molecule has 1 saturated heterocycles. The van der Waals surface area contributed by atoms with E-state index in [1.165, 1.54) is 18.3 Å². The number of hydrogen-bond donors (Lipinski definition) is 5. The zero-order chi connectivity index (χ0) is 31.1. The lowest BCUT2D eigenvalue weighted by atomic mass is 9.90. The summed E-state index contributed by atoms with van der Waals surface area (Å²) in [4.78, 5) is 44.6. The van der Waals surface area contributed by atoms with Gasteiger partial charge >= 0.3 is 18.1 Å². The van der Waals surface area contributed by atoms with Crippen LogP contribution in [0.4, 0.5) is 20.4 Å². The first-order valence-corrected chi connectivity index (χ1v) is 14.9. The highest BCUT2D eigenvalue weighted by atomic mass is 32.1. The molecule has 2 aromatic rings. The van der Waals surface area contributed by atoms with Gasteiger partial charge in [-0.1, -0.05) is 32.9 Å². The smallest absolute Gasteiger partial charge is 0.387 e. The molecule has 1 unspecified atom stereocenters. The zero-order valence-corrected chi connectivity index (χ0v) is 26.5. The molecule has 42 heavy (non-hydrogen) atoms. The van der Waals surface area contributed by atoms with Crippen molar-refractivity contribution in [1.82, 2.24) is 20.5 Å². The van der Waals surface area contributed by atoms with Crippen LogP contribution in [-0.4, -0.2) is 65.6 Å². The van der Waals surface area contributed by atoms with Gasteiger partial charge in [0.15, 0.2) is 5.13 Å². The molecule has 1 aromatic carbocycles. The Morgan fingerprint density at radius 2 is 1.67 bits per heavy atom. The molecule has 0 bridgehead atoms. The van der Waals surface area contributed by atoms with Gasteiger partial charge < -0.3 is 36.5 Å². The van der Waals surface area contributed by atoms with Crippen LogP contribution in [0.1, 0.15) is 64.6 Å². The highest BCUT2D eigenvalue weighted by molar-refractivity contribution is 7.15. The van der Waals surface area contributed by atoms with E-state index in [1.807, 2.05) is 45.0 Å². The van der Waals surface area contributed by atoms with Crippen molar-refractivity contribution in [3.8, 4) is 0 Å². The number of carbonyl (C=O) groups excluding carboxylic acids is 3. The summed E-state index contributed by atoms with van der Waals surface area (Å²) in [6.45, 7) is 16.9. The van der Waals surface area contributed by atoms with Crippen molar-refractivity contribution < 1.29 is 23.9 Å². The highest BCUT2D eigenvalue weighted by Crippen LogP contribution is 2.37. The normalized spacial score (nSPS) is 15.8. The Balaban J connectivity index is 1.76. The lowest BCUT2D eigenvalue weighted by Gasteiger charge is -2.42. The Morgan fingerprint density at radius 1 is 1.02 bits per heavy atom. The molecule has 232 valence electrons. The number of aromatic nitrogens is 1. The molecular formula is C29H45N7O5S. The Kier molecular flexibility index (Phi) is 10.8. The maximum Gasteiger partial charge on any atom is 0.412 e. The summed E-state index contributed by atoms with van der Waals surface area (Å²) in [6.07, 6.45) is -0.417. The molecule has 0 saturated carbocycles. The first kappa shape index (κ1) is 33.1. The predicted octanol–water partition coefficient (Wildman–Crippen LogP) is 4.02. The monoisotopic (exact) mass is 603 g/mol. The van der Waals surface area contributed by atoms with Crippen LogP contribution >= 0.6 is 11.3 Å². The fraction of sp³-hybridized carbons (Fsp3) is 0.586. The van der Waals surface area contributed by atoms with Crippen molar-refractivity contribution in [1.29, 1.82) is 0 Å². The summed E-state index contributed by atoms with van der Waals surface area (Å²) in [6, 6.07) is 7.56. The lowest BCUT2D eigenvalue weighted by Crippen LogP contribution is -2.59. The second-order valence-corrected chi connectivity index (χ2v) is 13.6. The van der Waals surface area contributed by atoms with E-state index in [9.17, 15) is 14.4 Å². The Morgan fingerprint density at radius 3 is 2.21 bits per heavy atom. The van der Waals surface area contributed by atoms with Gasteiger partial charge in [-0.3, -0.25) is 9.69 Å². The molecule has 0 spiro atoms. The topological polar surface area (TPSA) is 160 Å². The number of rotatable bonds is 10. The number of thiazole rings is 1. The third-order valence-electron chi connectivity index (χ3n) is 6.50. The highest BCUT2D eigenvalue weighted by Gasteiger charge is 2.50. The van der Waals surface area contributed by atoms with E-state index >= 15 is 0 Å². The van der Waals surface area contributed by atoms with Gasteiger partial charge in [0, 0.05) is 55.8 Å². The number of nitrogens with two attached hydrogens (primary N) is 1. The number of piperazine rings is 1. The molecule has 0 radical (unpaired) electrons. The quantitative estimate of drug-likeness (QED) is 0.253.